The third kappa shape index (κ3) is 1.45. The van der Waals surface area contributed by atoms with Crippen molar-refractivity contribution in [3.63, 3.8) is 0 Å². The minimum Gasteiger partial charge on any atom is -0.780 e. The van der Waals surface area contributed by atoms with Crippen LogP contribution < -0.4 is 0 Å². The summed E-state index contributed by atoms with van der Waals surface area (Å²) in [5, 5.41) is 8.44. The molecule has 0 unspecified atom stereocenters. The minimum atomic E-state index is -0.921. The fourth-order valence-corrected chi connectivity index (χ4v) is 0.734. The minimum absolute atomic E-state index is 0.272. The smallest absolute Gasteiger partial charge is 0.335 e. The van der Waals surface area contributed by atoms with E-state index >= 15 is 0 Å². The van der Waals surface area contributed by atoms with Crippen LogP contribution in [0.2, 0.25) is 0 Å². The maximum absolute atomic E-state index is 10.3. The van der Waals surface area contributed by atoms with Gasteiger partial charge >= 0.3 is 5.97 Å². The summed E-state index contributed by atoms with van der Waals surface area (Å²) in [6.45, 7) is 0. The fourth-order valence-electron chi connectivity index (χ4n) is 0.598. The van der Waals surface area contributed by atoms with Gasteiger partial charge in [-0.05, 0) is 12.1 Å². The molecule has 0 heterocycles. The zero-order valence-electron chi connectivity index (χ0n) is 5.07. The molecular formula is C7H5O2S-. The van der Waals surface area contributed by atoms with Crippen molar-refractivity contribution in [3.05, 3.63) is 29.8 Å². The third-order valence-corrected chi connectivity index (χ3v) is 1.37. The number of aromatic carboxylic acids is 1. The van der Waals surface area contributed by atoms with E-state index in [-0.39, 0.29) is 5.56 Å². The molecule has 0 bridgehead atoms. The van der Waals surface area contributed by atoms with Gasteiger partial charge in [0.1, 0.15) is 0 Å². The number of carboxylic acid groups (broad SMARTS) is 1. The van der Waals surface area contributed by atoms with Crippen LogP contribution in [0.25, 0.3) is 0 Å². The molecule has 0 saturated carbocycles. The molecule has 0 amide bonds. The van der Waals surface area contributed by atoms with E-state index in [0.29, 0.717) is 4.90 Å². The summed E-state index contributed by atoms with van der Waals surface area (Å²) in [4.78, 5) is 10.9. The van der Waals surface area contributed by atoms with E-state index in [1.54, 1.807) is 12.1 Å². The van der Waals surface area contributed by atoms with E-state index in [4.69, 9.17) is 17.7 Å². The molecule has 0 fully saturated rings. The lowest BCUT2D eigenvalue weighted by Gasteiger charge is -2.02. The van der Waals surface area contributed by atoms with Crippen LogP contribution in [-0.4, -0.2) is 11.1 Å². The van der Waals surface area contributed by atoms with Crippen LogP contribution in [0.4, 0.5) is 0 Å². The molecule has 1 rings (SSSR count). The van der Waals surface area contributed by atoms with Crippen LogP contribution in [0.1, 0.15) is 10.4 Å². The van der Waals surface area contributed by atoms with Gasteiger partial charge in [0, 0.05) is 0 Å². The molecular weight excluding hydrogens is 148 g/mol. The summed E-state index contributed by atoms with van der Waals surface area (Å²) < 4.78 is 0. The summed E-state index contributed by atoms with van der Waals surface area (Å²) in [5.74, 6) is -0.921. The second-order valence-corrected chi connectivity index (χ2v) is 2.30. The maximum atomic E-state index is 10.3. The SMILES string of the molecule is O=C(O)c1ccc([S-])cc1. The van der Waals surface area contributed by atoms with Gasteiger partial charge in [-0.25, -0.2) is 4.79 Å². The molecule has 0 aliphatic heterocycles. The maximum Gasteiger partial charge on any atom is 0.335 e. The molecule has 0 aliphatic carbocycles. The number of hydrogen-bond acceptors (Lipinski definition) is 2. The van der Waals surface area contributed by atoms with Crippen molar-refractivity contribution in [3.8, 4) is 0 Å². The van der Waals surface area contributed by atoms with Crippen LogP contribution in [0.3, 0.4) is 0 Å². The number of hydrogen-bond donors (Lipinski definition) is 1. The number of carboxylic acids is 1. The van der Waals surface area contributed by atoms with E-state index in [2.05, 4.69) is 0 Å². The lowest BCUT2D eigenvalue weighted by atomic mass is 10.2. The zero-order chi connectivity index (χ0) is 7.56. The molecule has 0 aliphatic rings. The zero-order valence-corrected chi connectivity index (χ0v) is 5.89. The molecule has 52 valence electrons. The van der Waals surface area contributed by atoms with Crippen molar-refractivity contribution in [2.75, 3.05) is 0 Å². The Morgan fingerprint density at radius 1 is 1.30 bits per heavy atom. The normalized spacial score (nSPS) is 9.20. The highest BCUT2D eigenvalue weighted by atomic mass is 32.1. The van der Waals surface area contributed by atoms with Gasteiger partial charge in [0.2, 0.25) is 0 Å². The predicted molar refractivity (Wildman–Crippen MR) is 39.0 cm³/mol. The van der Waals surface area contributed by atoms with Gasteiger partial charge in [-0.15, -0.1) is 0 Å². The molecule has 2 nitrogen and oxygen atoms in total. The van der Waals surface area contributed by atoms with Gasteiger partial charge in [-0.1, -0.05) is 12.1 Å². The first-order chi connectivity index (χ1) is 4.70. The Hall–Kier alpha value is -1.09. The molecule has 1 N–H and O–H groups in total. The number of rotatable bonds is 1. The Morgan fingerprint density at radius 2 is 1.80 bits per heavy atom. The lowest BCUT2D eigenvalue weighted by Crippen LogP contribution is -1.94. The monoisotopic (exact) mass is 153 g/mol. The van der Waals surface area contributed by atoms with Crippen LogP contribution in [0.15, 0.2) is 29.2 Å². The number of carbonyl (C=O) groups is 1. The molecule has 0 aromatic heterocycles. The van der Waals surface area contributed by atoms with Crippen LogP contribution in [0, 0.1) is 0 Å². The van der Waals surface area contributed by atoms with Crippen molar-refractivity contribution >= 4 is 18.6 Å². The van der Waals surface area contributed by atoms with E-state index in [0.717, 1.165) is 0 Å². The van der Waals surface area contributed by atoms with Crippen LogP contribution in [-0.2, 0) is 12.6 Å². The second kappa shape index (κ2) is 2.66. The van der Waals surface area contributed by atoms with Gasteiger partial charge in [0.15, 0.2) is 0 Å². The van der Waals surface area contributed by atoms with Crippen molar-refractivity contribution in [2.24, 2.45) is 0 Å². The first kappa shape index (κ1) is 7.02. The van der Waals surface area contributed by atoms with Crippen molar-refractivity contribution in [1.29, 1.82) is 0 Å². The first-order valence-electron chi connectivity index (χ1n) is 2.70. The summed E-state index contributed by atoms with van der Waals surface area (Å²) >= 11 is 4.77. The highest BCUT2D eigenvalue weighted by Crippen LogP contribution is 2.02. The standard InChI is InChI=1S/C7H6O2S/c8-7(9)5-1-3-6(10)4-2-5/h1-4,10H,(H,8,9)/p-1. The predicted octanol–water partition coefficient (Wildman–Crippen LogP) is 1.29. The van der Waals surface area contributed by atoms with Gasteiger partial charge in [0.25, 0.3) is 0 Å². The summed E-state index contributed by atoms with van der Waals surface area (Å²) in [7, 11) is 0. The van der Waals surface area contributed by atoms with Gasteiger partial charge in [-0.2, -0.15) is 4.90 Å². The van der Waals surface area contributed by atoms with E-state index in [1.807, 2.05) is 0 Å². The summed E-state index contributed by atoms with van der Waals surface area (Å²) in [6.07, 6.45) is 0. The van der Waals surface area contributed by atoms with E-state index in [1.165, 1.54) is 12.1 Å². The first-order valence-corrected chi connectivity index (χ1v) is 3.11. The largest absolute Gasteiger partial charge is 0.780 e. The highest BCUT2D eigenvalue weighted by Gasteiger charge is 1.97. The molecule has 0 atom stereocenters. The van der Waals surface area contributed by atoms with Gasteiger partial charge in [-0.3, -0.25) is 0 Å². The van der Waals surface area contributed by atoms with E-state index < -0.39 is 5.97 Å². The van der Waals surface area contributed by atoms with Gasteiger partial charge < -0.3 is 17.7 Å². The molecule has 0 saturated heterocycles. The van der Waals surface area contributed by atoms with Crippen molar-refractivity contribution in [1.82, 2.24) is 0 Å². The van der Waals surface area contributed by atoms with Crippen LogP contribution >= 0.6 is 0 Å². The summed E-state index contributed by atoms with van der Waals surface area (Å²) in [6, 6.07) is 6.17. The van der Waals surface area contributed by atoms with Gasteiger partial charge in [0.05, 0.1) is 5.56 Å². The fraction of sp³-hybridized carbons (Fsp3) is 0. The van der Waals surface area contributed by atoms with E-state index in [9.17, 15) is 4.79 Å². The lowest BCUT2D eigenvalue weighted by molar-refractivity contribution is 0.0697. The Kier molecular flexibility index (Phi) is 1.87. The topological polar surface area (TPSA) is 37.3 Å². The Labute approximate surface area is 63.9 Å². The van der Waals surface area contributed by atoms with Crippen LogP contribution in [0.5, 0.6) is 0 Å². The Morgan fingerprint density at radius 3 is 2.20 bits per heavy atom. The average molecular weight is 153 g/mol. The molecule has 3 heteroatoms. The van der Waals surface area contributed by atoms with Crippen molar-refractivity contribution < 1.29 is 9.90 Å². The third-order valence-electron chi connectivity index (χ3n) is 1.10. The molecule has 1 aromatic carbocycles. The number of benzene rings is 1. The Bertz CT molecular complexity index is 240. The molecule has 0 radical (unpaired) electrons. The summed E-state index contributed by atoms with van der Waals surface area (Å²) in [5.41, 5.74) is 0.272. The quantitative estimate of drug-likeness (QED) is 0.618. The second-order valence-electron chi connectivity index (χ2n) is 1.83. The average Bonchev–Trinajstić information content (AvgIpc) is 1.88. The molecule has 1 aromatic rings. The van der Waals surface area contributed by atoms with Crippen molar-refractivity contribution in [2.45, 2.75) is 4.90 Å². The molecule has 10 heavy (non-hydrogen) atoms. The Balaban J connectivity index is 3.00. The highest BCUT2D eigenvalue weighted by molar-refractivity contribution is 7.58. The molecule has 0 spiro atoms.